The molecular weight excluding hydrogens is 408 g/mol. The molecule has 1 aromatic rings. The fourth-order valence-electron chi connectivity index (χ4n) is 4.32. The Morgan fingerprint density at radius 3 is 2.40 bits per heavy atom. The number of halogens is 4. The van der Waals surface area contributed by atoms with Crippen LogP contribution < -0.4 is 0 Å². The number of hydrogen-bond acceptors (Lipinski definition) is 4. The van der Waals surface area contributed by atoms with Gasteiger partial charge in [-0.15, -0.1) is 0 Å². The lowest BCUT2D eigenvalue weighted by atomic mass is 10.0. The Hall–Kier alpha value is -2.20. The van der Waals surface area contributed by atoms with Crippen molar-refractivity contribution in [2.75, 3.05) is 32.8 Å². The fourth-order valence-corrected chi connectivity index (χ4v) is 4.32. The van der Waals surface area contributed by atoms with Gasteiger partial charge in [-0.05, 0) is 30.5 Å². The monoisotopic (exact) mass is 432 g/mol. The summed E-state index contributed by atoms with van der Waals surface area (Å²) in [5.41, 5.74) is 0.875. The molecule has 2 atom stereocenters. The number of benzene rings is 1. The summed E-state index contributed by atoms with van der Waals surface area (Å²) >= 11 is 0. The van der Waals surface area contributed by atoms with Gasteiger partial charge in [0.1, 0.15) is 5.82 Å². The van der Waals surface area contributed by atoms with Crippen molar-refractivity contribution in [3.8, 4) is 0 Å². The number of amides is 1. The van der Waals surface area contributed by atoms with Crippen LogP contribution in [0.5, 0.6) is 0 Å². The van der Waals surface area contributed by atoms with E-state index in [0.717, 1.165) is 51.3 Å². The first-order valence-corrected chi connectivity index (χ1v) is 9.80. The first-order valence-electron chi connectivity index (χ1n) is 9.80. The molecule has 3 saturated heterocycles. The van der Waals surface area contributed by atoms with Gasteiger partial charge in [-0.25, -0.2) is 9.18 Å². The molecule has 3 heterocycles. The molecule has 0 aliphatic carbocycles. The van der Waals surface area contributed by atoms with E-state index in [2.05, 4.69) is 4.90 Å². The number of carboxylic acid groups (broad SMARTS) is 1. The molecule has 0 aromatic heterocycles. The highest BCUT2D eigenvalue weighted by molar-refractivity contribution is 5.82. The van der Waals surface area contributed by atoms with Crippen molar-refractivity contribution >= 4 is 11.9 Å². The van der Waals surface area contributed by atoms with E-state index in [-0.39, 0.29) is 17.6 Å². The summed E-state index contributed by atoms with van der Waals surface area (Å²) in [5.74, 6) is -2.19. The van der Waals surface area contributed by atoms with Crippen LogP contribution in [-0.4, -0.2) is 71.8 Å². The molecule has 10 heteroatoms. The SMILES string of the molecule is O=C(O)C(F)(F)F.O=C1[C@H]2CN(C3CCOCC3)C[C@H]2CN1Cc1cccc(F)c1. The number of nitrogens with zero attached hydrogens (tertiary/aromatic N) is 2. The second-order valence-electron chi connectivity index (χ2n) is 7.82. The van der Waals surface area contributed by atoms with Crippen LogP contribution in [0, 0.1) is 17.7 Å². The molecule has 0 saturated carbocycles. The maximum absolute atomic E-state index is 13.3. The highest BCUT2D eigenvalue weighted by Gasteiger charge is 2.47. The first kappa shape index (κ1) is 22.5. The summed E-state index contributed by atoms with van der Waals surface area (Å²) in [4.78, 5) is 26.0. The Balaban J connectivity index is 0.000000318. The van der Waals surface area contributed by atoms with Gasteiger partial charge in [0.15, 0.2) is 0 Å². The average Bonchev–Trinajstić information content (AvgIpc) is 3.22. The van der Waals surface area contributed by atoms with Gasteiger partial charge >= 0.3 is 12.1 Å². The number of alkyl halides is 3. The minimum absolute atomic E-state index is 0.131. The molecule has 3 aliphatic rings. The molecule has 166 valence electrons. The van der Waals surface area contributed by atoms with Crippen molar-refractivity contribution in [1.29, 1.82) is 0 Å². The van der Waals surface area contributed by atoms with Crippen molar-refractivity contribution in [2.24, 2.45) is 11.8 Å². The second kappa shape index (κ2) is 9.30. The lowest BCUT2D eigenvalue weighted by molar-refractivity contribution is -0.192. The van der Waals surface area contributed by atoms with E-state index >= 15 is 0 Å². The molecule has 0 bridgehead atoms. The van der Waals surface area contributed by atoms with Crippen molar-refractivity contribution in [3.63, 3.8) is 0 Å². The largest absolute Gasteiger partial charge is 0.490 e. The van der Waals surface area contributed by atoms with E-state index in [1.54, 1.807) is 6.07 Å². The van der Waals surface area contributed by atoms with Gasteiger partial charge < -0.3 is 14.7 Å². The van der Waals surface area contributed by atoms with Crippen molar-refractivity contribution in [3.05, 3.63) is 35.6 Å². The normalized spacial score (nSPS) is 25.1. The third kappa shape index (κ3) is 5.48. The van der Waals surface area contributed by atoms with Gasteiger partial charge in [0.25, 0.3) is 0 Å². The molecule has 4 rings (SSSR count). The average molecular weight is 432 g/mol. The standard InChI is InChI=1S/C18H23FN2O2.C2HF3O2/c19-15-3-1-2-13(8-15)9-21-11-14-10-20(12-17(14)18(21)22)16-4-6-23-7-5-16;3-2(4,5)1(6)7/h1-3,8,14,16-17H,4-7,9-12H2;(H,6,7)/t14-,17-;/m0./s1. The summed E-state index contributed by atoms with van der Waals surface area (Å²) in [6, 6.07) is 7.14. The maximum Gasteiger partial charge on any atom is 0.490 e. The van der Waals surface area contributed by atoms with E-state index in [4.69, 9.17) is 14.6 Å². The predicted octanol–water partition coefficient (Wildman–Crippen LogP) is 2.53. The van der Waals surface area contributed by atoms with Gasteiger partial charge in [0, 0.05) is 51.4 Å². The lowest BCUT2D eigenvalue weighted by Gasteiger charge is -2.32. The van der Waals surface area contributed by atoms with Crippen LogP contribution in [0.2, 0.25) is 0 Å². The molecule has 3 aliphatic heterocycles. The molecule has 0 unspecified atom stereocenters. The molecular formula is C20H24F4N2O4. The zero-order valence-electron chi connectivity index (χ0n) is 16.3. The van der Waals surface area contributed by atoms with Gasteiger partial charge in [0.2, 0.25) is 5.91 Å². The Morgan fingerprint density at radius 2 is 1.83 bits per heavy atom. The van der Waals surface area contributed by atoms with E-state index in [9.17, 15) is 22.4 Å². The lowest BCUT2D eigenvalue weighted by Crippen LogP contribution is -2.40. The fraction of sp³-hybridized carbons (Fsp3) is 0.600. The summed E-state index contributed by atoms with van der Waals surface area (Å²) in [5, 5.41) is 7.12. The first-order chi connectivity index (χ1) is 14.1. The topological polar surface area (TPSA) is 70.1 Å². The van der Waals surface area contributed by atoms with E-state index < -0.39 is 12.1 Å². The van der Waals surface area contributed by atoms with Gasteiger partial charge in [-0.2, -0.15) is 13.2 Å². The van der Waals surface area contributed by atoms with Crippen molar-refractivity contribution in [1.82, 2.24) is 9.80 Å². The summed E-state index contributed by atoms with van der Waals surface area (Å²) in [6.07, 6.45) is -2.92. The number of aliphatic carboxylic acids is 1. The number of carboxylic acids is 1. The Labute approximate surface area is 171 Å². The summed E-state index contributed by atoms with van der Waals surface area (Å²) in [7, 11) is 0. The van der Waals surface area contributed by atoms with Crippen LogP contribution in [0.1, 0.15) is 18.4 Å². The second-order valence-corrected chi connectivity index (χ2v) is 7.82. The van der Waals surface area contributed by atoms with E-state index in [0.29, 0.717) is 18.5 Å². The Kier molecular flexibility index (Phi) is 6.97. The number of likely N-dealkylation sites (tertiary alicyclic amines) is 2. The molecule has 0 radical (unpaired) electrons. The van der Waals surface area contributed by atoms with Crippen LogP contribution in [0.3, 0.4) is 0 Å². The summed E-state index contributed by atoms with van der Waals surface area (Å²) in [6.45, 7) is 4.92. The molecule has 0 spiro atoms. The minimum Gasteiger partial charge on any atom is -0.475 e. The van der Waals surface area contributed by atoms with Crippen LogP contribution in [0.25, 0.3) is 0 Å². The number of carbonyl (C=O) groups excluding carboxylic acids is 1. The molecule has 6 nitrogen and oxygen atoms in total. The Bertz CT molecular complexity index is 767. The van der Waals surface area contributed by atoms with Crippen molar-refractivity contribution in [2.45, 2.75) is 31.6 Å². The van der Waals surface area contributed by atoms with E-state index in [1.807, 2.05) is 11.0 Å². The van der Waals surface area contributed by atoms with Gasteiger partial charge in [0.05, 0.1) is 5.92 Å². The minimum atomic E-state index is -5.08. The smallest absolute Gasteiger partial charge is 0.475 e. The highest BCUT2D eigenvalue weighted by Crippen LogP contribution is 2.35. The number of hydrogen-bond donors (Lipinski definition) is 1. The van der Waals surface area contributed by atoms with Gasteiger partial charge in [-0.3, -0.25) is 9.69 Å². The quantitative estimate of drug-likeness (QED) is 0.744. The maximum atomic E-state index is 13.3. The number of carbonyl (C=O) groups is 2. The van der Waals surface area contributed by atoms with E-state index in [1.165, 1.54) is 12.1 Å². The van der Waals surface area contributed by atoms with Crippen LogP contribution in [0.15, 0.2) is 24.3 Å². The van der Waals surface area contributed by atoms with Crippen LogP contribution >= 0.6 is 0 Å². The number of rotatable bonds is 3. The van der Waals surface area contributed by atoms with Crippen molar-refractivity contribution < 1.29 is 37.0 Å². The highest BCUT2D eigenvalue weighted by atomic mass is 19.4. The third-order valence-electron chi connectivity index (χ3n) is 5.77. The third-order valence-corrected chi connectivity index (χ3v) is 5.77. The Morgan fingerprint density at radius 1 is 1.17 bits per heavy atom. The predicted molar refractivity (Wildman–Crippen MR) is 97.9 cm³/mol. The molecule has 1 N–H and O–H groups in total. The molecule has 30 heavy (non-hydrogen) atoms. The number of ether oxygens (including phenoxy) is 1. The zero-order chi connectivity index (χ0) is 21.9. The number of fused-ring (bicyclic) bond motifs is 1. The summed E-state index contributed by atoms with van der Waals surface area (Å²) < 4.78 is 50.5. The molecule has 1 amide bonds. The van der Waals surface area contributed by atoms with Gasteiger partial charge in [-0.1, -0.05) is 12.1 Å². The molecule has 3 fully saturated rings. The molecule has 1 aromatic carbocycles. The van der Waals surface area contributed by atoms with Crippen LogP contribution in [0.4, 0.5) is 17.6 Å². The van der Waals surface area contributed by atoms with Crippen LogP contribution in [-0.2, 0) is 20.9 Å². The zero-order valence-corrected chi connectivity index (χ0v) is 16.3.